The summed E-state index contributed by atoms with van der Waals surface area (Å²) in [5.74, 6) is 1.82. The number of ether oxygens (including phenoxy) is 3. The zero-order valence-electron chi connectivity index (χ0n) is 17.6. The van der Waals surface area contributed by atoms with Gasteiger partial charge in [0.05, 0.1) is 23.5 Å². The summed E-state index contributed by atoms with van der Waals surface area (Å²) in [4.78, 5) is 12.4. The molecule has 0 aliphatic heterocycles. The number of amides is 1. The third kappa shape index (κ3) is 7.17. The van der Waals surface area contributed by atoms with Crippen molar-refractivity contribution in [1.29, 1.82) is 5.26 Å². The van der Waals surface area contributed by atoms with Gasteiger partial charge in [-0.05, 0) is 82.8 Å². The largest absolute Gasteiger partial charge is 0.493 e. The molecule has 0 radical (unpaired) electrons. The molecule has 9 heteroatoms. The van der Waals surface area contributed by atoms with Crippen LogP contribution in [0.5, 0.6) is 17.2 Å². The van der Waals surface area contributed by atoms with Gasteiger partial charge in [-0.2, -0.15) is 5.26 Å². The molecule has 0 saturated carbocycles. The number of methoxy groups -OCH3 is 1. The number of carbonyl (C=O) groups is 1. The molecule has 1 N–H and O–H groups in total. The molecule has 1 aromatic heterocycles. The Morgan fingerprint density at radius 1 is 1.21 bits per heavy atom. The topological polar surface area (TPSA) is 93.7 Å². The van der Waals surface area contributed by atoms with E-state index < -0.39 is 5.91 Å². The van der Waals surface area contributed by atoms with E-state index in [0.29, 0.717) is 46.8 Å². The maximum absolute atomic E-state index is 12.4. The molecule has 0 unspecified atom stereocenters. The quantitative estimate of drug-likeness (QED) is 0.153. The minimum atomic E-state index is -0.498. The summed E-state index contributed by atoms with van der Waals surface area (Å²) in [7, 11) is 1.53. The van der Waals surface area contributed by atoms with Gasteiger partial charge in [-0.15, -0.1) is 0 Å². The summed E-state index contributed by atoms with van der Waals surface area (Å²) >= 11 is 7.98. The molecule has 0 atom stereocenters. The molecule has 0 fully saturated rings. The Kier molecular flexibility index (Phi) is 9.04. The molecule has 0 aliphatic carbocycles. The van der Waals surface area contributed by atoms with Gasteiger partial charge in [0, 0.05) is 5.02 Å². The second-order valence-corrected chi connectivity index (χ2v) is 8.22. The average molecular weight is 579 g/mol. The second-order valence-electron chi connectivity index (χ2n) is 6.62. The van der Waals surface area contributed by atoms with Crippen LogP contribution in [-0.2, 0) is 11.3 Å². The van der Waals surface area contributed by atoms with E-state index in [1.54, 1.807) is 48.5 Å². The molecule has 1 amide bonds. The number of nitrogens with zero attached hydrogens (tertiary/aromatic N) is 1. The number of nitriles is 1. The first-order chi connectivity index (χ1) is 16.0. The molecular formula is C24H20ClIN2O5. The van der Waals surface area contributed by atoms with Crippen LogP contribution in [0.15, 0.2) is 64.8 Å². The molecule has 1 heterocycles. The van der Waals surface area contributed by atoms with Crippen LogP contribution in [0.25, 0.3) is 6.08 Å². The molecule has 2 aromatic carbocycles. The minimum Gasteiger partial charge on any atom is -0.493 e. The van der Waals surface area contributed by atoms with Gasteiger partial charge < -0.3 is 23.9 Å². The van der Waals surface area contributed by atoms with Crippen LogP contribution in [0, 0.1) is 14.9 Å². The molecular weight excluding hydrogens is 559 g/mol. The lowest BCUT2D eigenvalue weighted by atomic mass is 10.1. The Morgan fingerprint density at radius 2 is 1.97 bits per heavy atom. The van der Waals surface area contributed by atoms with Crippen LogP contribution in [0.1, 0.15) is 11.3 Å². The highest BCUT2D eigenvalue weighted by atomic mass is 127. The highest BCUT2D eigenvalue weighted by molar-refractivity contribution is 14.1. The molecule has 0 saturated heterocycles. The predicted octanol–water partition coefficient (Wildman–Crippen LogP) is 5.23. The molecule has 3 aromatic rings. The number of nitrogens with one attached hydrogen (secondary N) is 1. The number of benzene rings is 2. The van der Waals surface area contributed by atoms with Crippen molar-refractivity contribution in [2.75, 3.05) is 20.3 Å². The zero-order valence-corrected chi connectivity index (χ0v) is 20.6. The summed E-state index contributed by atoms with van der Waals surface area (Å²) in [6, 6.07) is 16.0. The monoisotopic (exact) mass is 578 g/mol. The van der Waals surface area contributed by atoms with Crippen molar-refractivity contribution in [3.8, 4) is 23.3 Å². The van der Waals surface area contributed by atoms with Gasteiger partial charge in [-0.25, -0.2) is 0 Å². The van der Waals surface area contributed by atoms with Crippen LogP contribution in [0.2, 0.25) is 5.02 Å². The molecule has 0 spiro atoms. The number of hydrogen-bond acceptors (Lipinski definition) is 6. The van der Waals surface area contributed by atoms with E-state index in [0.717, 1.165) is 3.57 Å². The molecule has 0 bridgehead atoms. The first-order valence-electron chi connectivity index (χ1n) is 9.81. The minimum absolute atomic E-state index is 0.0376. The maximum Gasteiger partial charge on any atom is 0.262 e. The fourth-order valence-electron chi connectivity index (χ4n) is 2.79. The Hall–Kier alpha value is -3.16. The van der Waals surface area contributed by atoms with Crippen molar-refractivity contribution in [1.82, 2.24) is 5.32 Å². The van der Waals surface area contributed by atoms with Crippen LogP contribution >= 0.6 is 34.2 Å². The standard InChI is InChI=1S/C24H20ClIN2O5/c1-30-22-13-16(11-17(14-27)24(29)28-15-20-3-2-8-31-20)12-21(26)23(22)33-10-9-32-19-6-4-18(25)5-7-19/h2-8,11-13H,9-10,15H2,1H3,(H,28,29)/b17-11+. The normalized spacial score (nSPS) is 10.9. The lowest BCUT2D eigenvalue weighted by Crippen LogP contribution is -2.23. The lowest BCUT2D eigenvalue weighted by molar-refractivity contribution is -0.117. The zero-order chi connectivity index (χ0) is 23.6. The number of carbonyl (C=O) groups excluding carboxylic acids is 1. The molecule has 3 rings (SSSR count). The number of hydrogen-bond donors (Lipinski definition) is 1. The summed E-state index contributed by atoms with van der Waals surface area (Å²) in [6.07, 6.45) is 3.01. The Morgan fingerprint density at radius 3 is 2.64 bits per heavy atom. The van der Waals surface area contributed by atoms with Crippen LogP contribution in [-0.4, -0.2) is 26.2 Å². The van der Waals surface area contributed by atoms with Crippen LogP contribution in [0.4, 0.5) is 0 Å². The fourth-order valence-corrected chi connectivity index (χ4v) is 3.70. The van der Waals surface area contributed by atoms with Gasteiger partial charge in [0.1, 0.15) is 36.4 Å². The van der Waals surface area contributed by atoms with E-state index >= 15 is 0 Å². The molecule has 0 aliphatic rings. The van der Waals surface area contributed by atoms with Crippen molar-refractivity contribution in [2.45, 2.75) is 6.54 Å². The third-order valence-electron chi connectivity index (χ3n) is 4.34. The van der Waals surface area contributed by atoms with Crippen molar-refractivity contribution < 1.29 is 23.4 Å². The number of rotatable bonds is 10. The predicted molar refractivity (Wildman–Crippen MR) is 132 cm³/mol. The summed E-state index contributed by atoms with van der Waals surface area (Å²) in [6.45, 7) is 0.816. The van der Waals surface area contributed by atoms with Crippen molar-refractivity contribution in [3.05, 3.63) is 80.3 Å². The average Bonchev–Trinajstić information content (AvgIpc) is 3.34. The van der Waals surface area contributed by atoms with Gasteiger partial charge in [-0.3, -0.25) is 4.79 Å². The van der Waals surface area contributed by atoms with E-state index in [4.69, 9.17) is 30.2 Å². The number of furan rings is 1. The Balaban J connectivity index is 1.64. The highest BCUT2D eigenvalue weighted by Crippen LogP contribution is 2.34. The van der Waals surface area contributed by atoms with E-state index in [-0.39, 0.29) is 12.1 Å². The summed E-state index contributed by atoms with van der Waals surface area (Å²) in [5, 5.41) is 12.7. The van der Waals surface area contributed by atoms with Crippen molar-refractivity contribution >= 4 is 46.2 Å². The fraction of sp³-hybridized carbons (Fsp3) is 0.167. The van der Waals surface area contributed by atoms with Gasteiger partial charge in [-0.1, -0.05) is 11.6 Å². The molecule has 7 nitrogen and oxygen atoms in total. The number of halogens is 2. The molecule has 170 valence electrons. The van der Waals surface area contributed by atoms with Gasteiger partial charge >= 0.3 is 0 Å². The molecule has 33 heavy (non-hydrogen) atoms. The van der Waals surface area contributed by atoms with E-state index in [9.17, 15) is 10.1 Å². The van der Waals surface area contributed by atoms with Gasteiger partial charge in [0.15, 0.2) is 11.5 Å². The maximum atomic E-state index is 12.4. The van der Waals surface area contributed by atoms with E-state index in [1.165, 1.54) is 19.4 Å². The Labute approximate surface area is 210 Å². The van der Waals surface area contributed by atoms with E-state index in [2.05, 4.69) is 27.9 Å². The summed E-state index contributed by atoms with van der Waals surface area (Å²) in [5.41, 5.74) is 0.593. The van der Waals surface area contributed by atoms with Gasteiger partial charge in [0.2, 0.25) is 0 Å². The smallest absolute Gasteiger partial charge is 0.262 e. The van der Waals surface area contributed by atoms with Crippen LogP contribution < -0.4 is 19.5 Å². The highest BCUT2D eigenvalue weighted by Gasteiger charge is 2.14. The second kappa shape index (κ2) is 12.2. The van der Waals surface area contributed by atoms with Crippen molar-refractivity contribution in [2.24, 2.45) is 0 Å². The lowest BCUT2D eigenvalue weighted by Gasteiger charge is -2.14. The van der Waals surface area contributed by atoms with E-state index in [1.807, 2.05) is 6.07 Å². The van der Waals surface area contributed by atoms with Crippen molar-refractivity contribution in [3.63, 3.8) is 0 Å². The van der Waals surface area contributed by atoms with Gasteiger partial charge in [0.25, 0.3) is 5.91 Å². The van der Waals surface area contributed by atoms with Crippen LogP contribution in [0.3, 0.4) is 0 Å². The summed E-state index contributed by atoms with van der Waals surface area (Å²) < 4.78 is 22.9. The first kappa shape index (κ1) is 24.5. The Bertz CT molecular complexity index is 1150. The SMILES string of the molecule is COc1cc(/C=C(\C#N)C(=O)NCc2ccco2)cc(I)c1OCCOc1ccc(Cl)cc1. The third-order valence-corrected chi connectivity index (χ3v) is 5.40. The first-order valence-corrected chi connectivity index (χ1v) is 11.3.